The summed E-state index contributed by atoms with van der Waals surface area (Å²) in [5, 5.41) is 3.80. The van der Waals surface area contributed by atoms with Gasteiger partial charge in [0.25, 0.3) is 0 Å². The van der Waals surface area contributed by atoms with Gasteiger partial charge in [-0.25, -0.2) is 0 Å². The number of pyridine rings is 1. The molecule has 0 radical (unpaired) electrons. The highest BCUT2D eigenvalue weighted by Crippen LogP contribution is 2.37. The molecular weight excluding hydrogens is 326 g/mol. The Morgan fingerprint density at radius 1 is 1.43 bits per heavy atom. The van der Waals surface area contributed by atoms with Gasteiger partial charge in [0, 0.05) is 42.4 Å². The highest BCUT2D eigenvalue weighted by Gasteiger charge is 2.39. The lowest BCUT2D eigenvalue weighted by atomic mass is 9.94. The van der Waals surface area contributed by atoms with E-state index < -0.39 is 0 Å². The van der Waals surface area contributed by atoms with Crippen LogP contribution in [0.2, 0.25) is 0 Å². The zero-order valence-corrected chi connectivity index (χ0v) is 14.6. The number of aromatic nitrogens is 1. The zero-order chi connectivity index (χ0) is 14.8. The summed E-state index contributed by atoms with van der Waals surface area (Å²) in [5.74, 6) is 1.65. The molecule has 0 amide bonds. The molecule has 3 unspecified atom stereocenters. The van der Waals surface area contributed by atoms with Crippen LogP contribution in [-0.2, 0) is 6.54 Å². The quantitative estimate of drug-likeness (QED) is 0.880. The largest absolute Gasteiger partial charge is 0.311 e. The summed E-state index contributed by atoms with van der Waals surface area (Å²) < 4.78 is 1.06. The summed E-state index contributed by atoms with van der Waals surface area (Å²) in [6.45, 7) is 7.96. The number of nitrogens with zero attached hydrogens (tertiary/aromatic N) is 2. The number of rotatable bonds is 5. The van der Waals surface area contributed by atoms with Gasteiger partial charge in [-0.3, -0.25) is 9.88 Å². The molecule has 1 aliphatic carbocycles. The van der Waals surface area contributed by atoms with Crippen molar-refractivity contribution in [3.05, 3.63) is 28.5 Å². The monoisotopic (exact) mass is 351 g/mol. The van der Waals surface area contributed by atoms with Crippen LogP contribution >= 0.6 is 15.9 Å². The van der Waals surface area contributed by atoms with E-state index in [0.29, 0.717) is 12.1 Å². The van der Waals surface area contributed by atoms with E-state index in [2.05, 4.69) is 57.1 Å². The molecular formula is C17H26BrN3. The Labute approximate surface area is 136 Å². The Morgan fingerprint density at radius 2 is 2.24 bits per heavy atom. The van der Waals surface area contributed by atoms with Gasteiger partial charge in [-0.1, -0.05) is 20.3 Å². The van der Waals surface area contributed by atoms with Crippen LogP contribution in [0.4, 0.5) is 0 Å². The Morgan fingerprint density at radius 3 is 2.86 bits per heavy atom. The van der Waals surface area contributed by atoms with Crippen LogP contribution < -0.4 is 5.32 Å². The molecule has 1 aromatic rings. The fourth-order valence-corrected chi connectivity index (χ4v) is 3.59. The number of hydrogen-bond acceptors (Lipinski definition) is 3. The van der Waals surface area contributed by atoms with Gasteiger partial charge in [0.1, 0.15) is 0 Å². The van der Waals surface area contributed by atoms with Crippen molar-refractivity contribution in [1.82, 2.24) is 15.2 Å². The summed E-state index contributed by atoms with van der Waals surface area (Å²) in [6.07, 6.45) is 5.97. The number of hydrogen-bond donors (Lipinski definition) is 1. The third kappa shape index (κ3) is 3.85. The van der Waals surface area contributed by atoms with Crippen molar-refractivity contribution in [3.8, 4) is 0 Å². The van der Waals surface area contributed by atoms with Crippen LogP contribution in [0.5, 0.6) is 0 Å². The van der Waals surface area contributed by atoms with Crippen LogP contribution in [0.1, 0.15) is 38.8 Å². The average Bonchev–Trinajstić information content (AvgIpc) is 3.33. The van der Waals surface area contributed by atoms with Gasteiger partial charge < -0.3 is 5.32 Å². The van der Waals surface area contributed by atoms with Crippen molar-refractivity contribution in [2.45, 2.75) is 51.7 Å². The van der Waals surface area contributed by atoms with E-state index in [9.17, 15) is 0 Å². The van der Waals surface area contributed by atoms with E-state index in [1.165, 1.54) is 25.0 Å². The Hall–Kier alpha value is -0.450. The standard InChI is InChI=1S/C17H26BrN3/c1-3-12(2)16-11-21(17(9-20-16)13-4-5-13)10-15-7-6-14(18)8-19-15/h6-8,12-13,16-17,20H,3-5,9-11H2,1-2H3. The van der Waals surface area contributed by atoms with Crippen molar-refractivity contribution in [3.63, 3.8) is 0 Å². The lowest BCUT2D eigenvalue weighted by Gasteiger charge is -2.42. The molecule has 3 atom stereocenters. The maximum atomic E-state index is 4.57. The van der Waals surface area contributed by atoms with Crippen LogP contribution in [0.15, 0.2) is 22.8 Å². The lowest BCUT2D eigenvalue weighted by Crippen LogP contribution is -2.58. The van der Waals surface area contributed by atoms with Crippen molar-refractivity contribution in [2.75, 3.05) is 13.1 Å². The predicted molar refractivity (Wildman–Crippen MR) is 90.1 cm³/mol. The van der Waals surface area contributed by atoms with E-state index >= 15 is 0 Å². The molecule has 0 spiro atoms. The van der Waals surface area contributed by atoms with Crippen molar-refractivity contribution in [2.24, 2.45) is 11.8 Å². The molecule has 21 heavy (non-hydrogen) atoms. The normalized spacial score (nSPS) is 28.5. The van der Waals surface area contributed by atoms with Gasteiger partial charge in [0.05, 0.1) is 5.69 Å². The first-order valence-corrected chi connectivity index (χ1v) is 9.04. The van der Waals surface area contributed by atoms with E-state index in [4.69, 9.17) is 0 Å². The molecule has 1 aliphatic heterocycles. The summed E-state index contributed by atoms with van der Waals surface area (Å²) in [4.78, 5) is 7.25. The van der Waals surface area contributed by atoms with Crippen LogP contribution in [0, 0.1) is 11.8 Å². The molecule has 1 saturated heterocycles. The molecule has 0 bridgehead atoms. The molecule has 4 heteroatoms. The average molecular weight is 352 g/mol. The van der Waals surface area contributed by atoms with Crippen LogP contribution in [0.25, 0.3) is 0 Å². The molecule has 1 saturated carbocycles. The number of nitrogens with one attached hydrogen (secondary N) is 1. The first-order chi connectivity index (χ1) is 10.2. The smallest absolute Gasteiger partial charge is 0.0544 e. The SMILES string of the molecule is CCC(C)C1CN(Cc2ccc(Br)cn2)C(C2CC2)CN1. The van der Waals surface area contributed by atoms with Crippen molar-refractivity contribution >= 4 is 15.9 Å². The van der Waals surface area contributed by atoms with Gasteiger partial charge in [-0.15, -0.1) is 0 Å². The molecule has 116 valence electrons. The number of halogens is 1. The molecule has 3 nitrogen and oxygen atoms in total. The Balaban J connectivity index is 1.69. The predicted octanol–water partition coefficient (Wildman–Crippen LogP) is 3.44. The van der Waals surface area contributed by atoms with E-state index in [1.807, 2.05) is 6.20 Å². The summed E-state index contributed by atoms with van der Waals surface area (Å²) in [6, 6.07) is 5.58. The summed E-state index contributed by atoms with van der Waals surface area (Å²) >= 11 is 3.47. The zero-order valence-electron chi connectivity index (χ0n) is 13.1. The first-order valence-electron chi connectivity index (χ1n) is 8.25. The van der Waals surface area contributed by atoms with Gasteiger partial charge in [-0.2, -0.15) is 0 Å². The van der Waals surface area contributed by atoms with Crippen molar-refractivity contribution in [1.29, 1.82) is 0 Å². The van der Waals surface area contributed by atoms with Crippen molar-refractivity contribution < 1.29 is 0 Å². The fraction of sp³-hybridized carbons (Fsp3) is 0.706. The molecule has 3 rings (SSSR count). The molecule has 1 aromatic heterocycles. The van der Waals surface area contributed by atoms with E-state index in [1.54, 1.807) is 0 Å². The van der Waals surface area contributed by atoms with E-state index in [-0.39, 0.29) is 0 Å². The van der Waals surface area contributed by atoms with Gasteiger partial charge in [0.15, 0.2) is 0 Å². The van der Waals surface area contributed by atoms with Gasteiger partial charge >= 0.3 is 0 Å². The highest BCUT2D eigenvalue weighted by molar-refractivity contribution is 9.10. The van der Waals surface area contributed by atoms with Crippen LogP contribution in [-0.4, -0.2) is 35.1 Å². The molecule has 2 heterocycles. The topological polar surface area (TPSA) is 28.2 Å². The molecule has 2 fully saturated rings. The Kier molecular flexibility index (Phi) is 4.97. The second-order valence-electron chi connectivity index (χ2n) is 6.70. The first kappa shape index (κ1) is 15.4. The third-order valence-electron chi connectivity index (χ3n) is 5.14. The van der Waals surface area contributed by atoms with Gasteiger partial charge in [0.2, 0.25) is 0 Å². The molecule has 0 aromatic carbocycles. The lowest BCUT2D eigenvalue weighted by molar-refractivity contribution is 0.0879. The highest BCUT2D eigenvalue weighted by atomic mass is 79.9. The third-order valence-corrected chi connectivity index (χ3v) is 5.61. The molecule has 1 N–H and O–H groups in total. The maximum Gasteiger partial charge on any atom is 0.0544 e. The minimum atomic E-state index is 0.625. The van der Waals surface area contributed by atoms with Gasteiger partial charge in [-0.05, 0) is 52.7 Å². The summed E-state index contributed by atoms with van der Waals surface area (Å²) in [7, 11) is 0. The second kappa shape index (κ2) is 6.76. The van der Waals surface area contributed by atoms with E-state index in [0.717, 1.165) is 35.9 Å². The van der Waals surface area contributed by atoms with Crippen LogP contribution in [0.3, 0.4) is 0 Å². The maximum absolute atomic E-state index is 4.57. The fourth-order valence-electron chi connectivity index (χ4n) is 3.36. The second-order valence-corrected chi connectivity index (χ2v) is 7.62. The Bertz CT molecular complexity index is 458. The summed E-state index contributed by atoms with van der Waals surface area (Å²) in [5.41, 5.74) is 1.19. The minimum absolute atomic E-state index is 0.625. The minimum Gasteiger partial charge on any atom is -0.311 e. The molecule has 2 aliphatic rings. The number of piperazine rings is 1.